The van der Waals surface area contributed by atoms with Gasteiger partial charge in [-0.25, -0.2) is 9.07 Å². The summed E-state index contributed by atoms with van der Waals surface area (Å²) in [5, 5.41) is 7.24. The van der Waals surface area contributed by atoms with Gasteiger partial charge in [-0.2, -0.15) is 5.10 Å². The van der Waals surface area contributed by atoms with Crippen LogP contribution in [-0.4, -0.2) is 20.7 Å². The highest BCUT2D eigenvalue weighted by Gasteiger charge is 2.15. The number of carbonyl (C=O) groups excluding carboxylic acids is 1. The van der Waals surface area contributed by atoms with E-state index in [4.69, 9.17) is 0 Å². The molecule has 1 unspecified atom stereocenters. The number of pyridine rings is 1. The van der Waals surface area contributed by atoms with E-state index in [0.29, 0.717) is 5.69 Å². The Morgan fingerprint density at radius 3 is 2.77 bits per heavy atom. The highest BCUT2D eigenvalue weighted by molar-refractivity contribution is 5.91. The molecule has 3 aromatic rings. The Morgan fingerprint density at radius 1 is 1.27 bits per heavy atom. The second-order valence-corrected chi connectivity index (χ2v) is 5.92. The lowest BCUT2D eigenvalue weighted by atomic mass is 10.1. The summed E-state index contributed by atoms with van der Waals surface area (Å²) >= 11 is 0. The molecule has 2 aromatic heterocycles. The third-order valence-electron chi connectivity index (χ3n) is 4.06. The molecule has 5 nitrogen and oxygen atoms in total. The summed E-state index contributed by atoms with van der Waals surface area (Å²) in [6.45, 7) is 3.78. The molecule has 0 spiro atoms. The molecule has 1 atom stereocenters. The van der Waals surface area contributed by atoms with E-state index in [1.807, 2.05) is 26.0 Å². The van der Waals surface area contributed by atoms with E-state index in [9.17, 15) is 9.18 Å². The van der Waals surface area contributed by atoms with Crippen molar-refractivity contribution in [2.24, 2.45) is 0 Å². The zero-order valence-electron chi connectivity index (χ0n) is 14.6. The van der Waals surface area contributed by atoms with Crippen LogP contribution >= 0.6 is 0 Å². The number of carbonyl (C=O) groups is 1. The molecule has 1 aromatic carbocycles. The first kappa shape index (κ1) is 17.5. The fourth-order valence-corrected chi connectivity index (χ4v) is 2.70. The Morgan fingerprint density at radius 2 is 2.04 bits per heavy atom. The van der Waals surface area contributed by atoms with Crippen LogP contribution in [-0.2, 0) is 4.79 Å². The average molecular weight is 350 g/mol. The van der Waals surface area contributed by atoms with Crippen molar-refractivity contribution in [3.05, 3.63) is 83.7 Å². The van der Waals surface area contributed by atoms with Crippen LogP contribution in [0.15, 0.2) is 61.1 Å². The van der Waals surface area contributed by atoms with E-state index in [2.05, 4.69) is 15.4 Å². The first-order valence-electron chi connectivity index (χ1n) is 8.23. The van der Waals surface area contributed by atoms with E-state index in [-0.39, 0.29) is 17.8 Å². The van der Waals surface area contributed by atoms with Gasteiger partial charge in [0.1, 0.15) is 5.82 Å². The van der Waals surface area contributed by atoms with Crippen LogP contribution in [0.1, 0.15) is 29.8 Å². The van der Waals surface area contributed by atoms with Crippen LogP contribution in [0.2, 0.25) is 0 Å². The van der Waals surface area contributed by atoms with Gasteiger partial charge in [-0.15, -0.1) is 0 Å². The quantitative estimate of drug-likeness (QED) is 0.715. The first-order valence-corrected chi connectivity index (χ1v) is 8.23. The number of nitrogens with zero attached hydrogens (tertiary/aromatic N) is 3. The van der Waals surface area contributed by atoms with Crippen molar-refractivity contribution in [2.75, 3.05) is 0 Å². The average Bonchev–Trinajstić information content (AvgIpc) is 3.02. The summed E-state index contributed by atoms with van der Waals surface area (Å²) in [5.74, 6) is -0.520. The van der Waals surface area contributed by atoms with Crippen molar-refractivity contribution in [1.82, 2.24) is 20.1 Å². The van der Waals surface area contributed by atoms with E-state index >= 15 is 0 Å². The van der Waals surface area contributed by atoms with Gasteiger partial charge in [0.25, 0.3) is 0 Å². The third-order valence-corrected chi connectivity index (χ3v) is 4.06. The molecule has 1 amide bonds. The van der Waals surface area contributed by atoms with Gasteiger partial charge in [0.05, 0.1) is 17.9 Å². The molecule has 6 heteroatoms. The van der Waals surface area contributed by atoms with Gasteiger partial charge in [0.2, 0.25) is 5.91 Å². The van der Waals surface area contributed by atoms with Crippen molar-refractivity contribution >= 4 is 12.0 Å². The van der Waals surface area contributed by atoms with Crippen LogP contribution < -0.4 is 5.32 Å². The lowest BCUT2D eigenvalue weighted by Gasteiger charge is -2.13. The summed E-state index contributed by atoms with van der Waals surface area (Å²) in [4.78, 5) is 16.1. The van der Waals surface area contributed by atoms with Gasteiger partial charge >= 0.3 is 0 Å². The van der Waals surface area contributed by atoms with Gasteiger partial charge < -0.3 is 5.32 Å². The van der Waals surface area contributed by atoms with E-state index in [1.165, 1.54) is 18.2 Å². The Bertz CT molecular complexity index is 934. The number of nitrogens with one attached hydrogen (secondary N) is 1. The normalized spacial score (nSPS) is 12.3. The van der Waals surface area contributed by atoms with Crippen molar-refractivity contribution in [3.63, 3.8) is 0 Å². The van der Waals surface area contributed by atoms with E-state index in [0.717, 1.165) is 16.8 Å². The Kier molecular flexibility index (Phi) is 5.22. The van der Waals surface area contributed by atoms with Gasteiger partial charge in [0.15, 0.2) is 0 Å². The molecule has 0 aliphatic rings. The maximum atomic E-state index is 13.4. The first-order chi connectivity index (χ1) is 12.5. The second kappa shape index (κ2) is 7.74. The number of halogens is 1. The minimum atomic E-state index is -0.318. The fraction of sp³-hybridized carbons (Fsp3) is 0.150. The minimum Gasteiger partial charge on any atom is -0.346 e. The molecule has 26 heavy (non-hydrogen) atoms. The van der Waals surface area contributed by atoms with Gasteiger partial charge in [-0.3, -0.25) is 9.78 Å². The lowest BCUT2D eigenvalue weighted by Crippen LogP contribution is -2.25. The molecule has 132 valence electrons. The summed E-state index contributed by atoms with van der Waals surface area (Å²) in [6, 6.07) is 9.65. The molecule has 0 aliphatic heterocycles. The number of hydrogen-bond acceptors (Lipinski definition) is 3. The molecule has 0 saturated heterocycles. The monoisotopic (exact) mass is 350 g/mol. The Hall–Kier alpha value is -3.28. The SMILES string of the molecule is Cc1c(C(C)NC(=O)/C=C/c2ccncc2)cnn1-c1cccc(F)c1. The number of aromatic nitrogens is 3. The number of amides is 1. The topological polar surface area (TPSA) is 59.8 Å². The van der Waals surface area contributed by atoms with Gasteiger partial charge in [-0.05, 0) is 55.8 Å². The van der Waals surface area contributed by atoms with Crippen LogP contribution in [0.3, 0.4) is 0 Å². The highest BCUT2D eigenvalue weighted by atomic mass is 19.1. The van der Waals surface area contributed by atoms with Crippen molar-refractivity contribution in [3.8, 4) is 5.69 Å². The van der Waals surface area contributed by atoms with Crippen LogP contribution in [0.5, 0.6) is 0 Å². The predicted octanol–water partition coefficient (Wildman–Crippen LogP) is 3.61. The Balaban J connectivity index is 1.71. The van der Waals surface area contributed by atoms with Crippen LogP contribution in [0.4, 0.5) is 4.39 Å². The summed E-state index contributed by atoms with van der Waals surface area (Å²) in [6.07, 6.45) is 8.25. The maximum Gasteiger partial charge on any atom is 0.244 e. The fourth-order valence-electron chi connectivity index (χ4n) is 2.70. The molecule has 0 radical (unpaired) electrons. The van der Waals surface area contributed by atoms with Crippen molar-refractivity contribution in [1.29, 1.82) is 0 Å². The largest absolute Gasteiger partial charge is 0.346 e. The molecule has 0 bridgehead atoms. The Labute approximate surface area is 151 Å². The van der Waals surface area contributed by atoms with Gasteiger partial charge in [-0.1, -0.05) is 6.07 Å². The lowest BCUT2D eigenvalue weighted by molar-refractivity contribution is -0.117. The summed E-state index contributed by atoms with van der Waals surface area (Å²) in [7, 11) is 0. The molecule has 0 saturated carbocycles. The molecule has 3 rings (SSSR count). The summed E-state index contributed by atoms with van der Waals surface area (Å²) < 4.78 is 15.1. The zero-order chi connectivity index (χ0) is 18.5. The molecule has 0 fully saturated rings. The summed E-state index contributed by atoms with van der Waals surface area (Å²) in [5.41, 5.74) is 3.27. The molecular formula is C20H19FN4O. The number of rotatable bonds is 5. The van der Waals surface area contributed by atoms with Gasteiger partial charge in [0, 0.05) is 29.7 Å². The standard InChI is InChI=1S/C20H19FN4O/c1-14(24-20(26)7-6-16-8-10-22-11-9-16)19-13-23-25(15(19)2)18-5-3-4-17(21)12-18/h3-14H,1-2H3,(H,24,26)/b7-6+. The molecule has 1 N–H and O–H groups in total. The number of benzene rings is 1. The molecular weight excluding hydrogens is 331 g/mol. The van der Waals surface area contributed by atoms with E-state index in [1.54, 1.807) is 41.5 Å². The third kappa shape index (κ3) is 4.03. The van der Waals surface area contributed by atoms with E-state index < -0.39 is 0 Å². The molecule has 0 aliphatic carbocycles. The minimum absolute atomic E-state index is 0.202. The molecule has 2 heterocycles. The van der Waals surface area contributed by atoms with Crippen LogP contribution in [0, 0.1) is 12.7 Å². The smallest absolute Gasteiger partial charge is 0.244 e. The second-order valence-electron chi connectivity index (χ2n) is 5.92. The number of hydrogen-bond donors (Lipinski definition) is 1. The van der Waals surface area contributed by atoms with Crippen LogP contribution in [0.25, 0.3) is 11.8 Å². The zero-order valence-corrected chi connectivity index (χ0v) is 14.6. The predicted molar refractivity (Wildman–Crippen MR) is 98.1 cm³/mol. The van der Waals surface area contributed by atoms with Crippen molar-refractivity contribution in [2.45, 2.75) is 19.9 Å². The maximum absolute atomic E-state index is 13.4. The van der Waals surface area contributed by atoms with Crippen molar-refractivity contribution < 1.29 is 9.18 Å². The highest BCUT2D eigenvalue weighted by Crippen LogP contribution is 2.20.